The van der Waals surface area contributed by atoms with Gasteiger partial charge in [-0.25, -0.2) is 15.0 Å². The molecular weight excluding hydrogens is 531 g/mol. The standard InChI is InChI=1S/C24H32N6O2.HI/c1-4-32-15-5-12-26-24(28-16-20-6-9-22(31-3)10-7-20)29-18-21-8-11-23(27-17-21)30-14-13-25-19(30)2;/h6-11,13-14,17H,4-5,12,15-16,18H2,1-3H3,(H2,26,28,29);1H. The van der Waals surface area contributed by atoms with Crippen LogP contribution in [0.2, 0.25) is 0 Å². The van der Waals surface area contributed by atoms with Crippen LogP contribution >= 0.6 is 24.0 Å². The SMILES string of the molecule is CCOCCCNC(=NCc1ccc(-n2ccnc2C)nc1)NCc1ccc(OC)cc1.I. The van der Waals surface area contributed by atoms with Crippen molar-refractivity contribution in [2.45, 2.75) is 33.4 Å². The van der Waals surface area contributed by atoms with E-state index in [4.69, 9.17) is 14.5 Å². The molecule has 0 saturated carbocycles. The van der Waals surface area contributed by atoms with E-state index in [1.807, 2.05) is 67.2 Å². The van der Waals surface area contributed by atoms with Crippen LogP contribution in [0.5, 0.6) is 5.75 Å². The minimum Gasteiger partial charge on any atom is -0.497 e. The Labute approximate surface area is 212 Å². The van der Waals surface area contributed by atoms with Gasteiger partial charge in [-0.2, -0.15) is 0 Å². The van der Waals surface area contributed by atoms with E-state index in [9.17, 15) is 0 Å². The van der Waals surface area contributed by atoms with Crippen molar-refractivity contribution < 1.29 is 9.47 Å². The summed E-state index contributed by atoms with van der Waals surface area (Å²) in [6, 6.07) is 12.0. The van der Waals surface area contributed by atoms with Crippen molar-refractivity contribution in [3.05, 3.63) is 71.9 Å². The van der Waals surface area contributed by atoms with E-state index in [-0.39, 0.29) is 24.0 Å². The highest BCUT2D eigenvalue weighted by Gasteiger charge is 2.04. The number of hydrogen-bond acceptors (Lipinski definition) is 5. The Kier molecular flexibility index (Phi) is 11.7. The first kappa shape index (κ1) is 26.6. The molecule has 0 unspecified atom stereocenters. The first-order valence-electron chi connectivity index (χ1n) is 10.9. The second-order valence-electron chi connectivity index (χ2n) is 7.21. The van der Waals surface area contributed by atoms with E-state index in [1.165, 1.54) is 0 Å². The zero-order valence-corrected chi connectivity index (χ0v) is 21.8. The third-order valence-corrected chi connectivity index (χ3v) is 4.88. The van der Waals surface area contributed by atoms with Crippen molar-refractivity contribution in [2.24, 2.45) is 4.99 Å². The van der Waals surface area contributed by atoms with Gasteiger partial charge in [0.1, 0.15) is 17.4 Å². The molecule has 0 bridgehead atoms. The molecular formula is C24H33IN6O2. The number of aryl methyl sites for hydroxylation is 1. The molecule has 2 N–H and O–H groups in total. The van der Waals surface area contributed by atoms with Gasteiger partial charge in [0.25, 0.3) is 0 Å². The number of nitrogens with one attached hydrogen (secondary N) is 2. The Morgan fingerprint density at radius 3 is 2.48 bits per heavy atom. The molecule has 3 rings (SSSR count). The second-order valence-corrected chi connectivity index (χ2v) is 7.21. The van der Waals surface area contributed by atoms with Gasteiger partial charge in [0.05, 0.1) is 13.7 Å². The van der Waals surface area contributed by atoms with Gasteiger partial charge in [-0.3, -0.25) is 4.57 Å². The quantitative estimate of drug-likeness (QED) is 0.159. The lowest BCUT2D eigenvalue weighted by Gasteiger charge is -2.13. The molecule has 2 aromatic heterocycles. The number of rotatable bonds is 11. The second kappa shape index (κ2) is 14.5. The predicted octanol–water partition coefficient (Wildman–Crippen LogP) is 3.86. The van der Waals surface area contributed by atoms with E-state index in [1.54, 1.807) is 13.3 Å². The van der Waals surface area contributed by atoms with Crippen LogP contribution in [0.15, 0.2) is 60.0 Å². The zero-order valence-electron chi connectivity index (χ0n) is 19.5. The molecule has 0 aliphatic heterocycles. The molecule has 0 radical (unpaired) electrons. The Morgan fingerprint density at radius 1 is 1.06 bits per heavy atom. The summed E-state index contributed by atoms with van der Waals surface area (Å²) in [6.07, 6.45) is 6.45. The number of benzene rings is 1. The first-order valence-corrected chi connectivity index (χ1v) is 10.9. The van der Waals surface area contributed by atoms with Crippen molar-refractivity contribution in [3.8, 4) is 11.6 Å². The predicted molar refractivity (Wildman–Crippen MR) is 142 cm³/mol. The van der Waals surface area contributed by atoms with Crippen LogP contribution in [0.1, 0.15) is 30.3 Å². The molecule has 0 amide bonds. The van der Waals surface area contributed by atoms with E-state index in [0.29, 0.717) is 13.1 Å². The summed E-state index contributed by atoms with van der Waals surface area (Å²) >= 11 is 0. The number of ether oxygens (including phenoxy) is 2. The van der Waals surface area contributed by atoms with Gasteiger partial charge in [-0.15, -0.1) is 24.0 Å². The smallest absolute Gasteiger partial charge is 0.191 e. The largest absolute Gasteiger partial charge is 0.497 e. The third-order valence-electron chi connectivity index (χ3n) is 4.88. The highest BCUT2D eigenvalue weighted by molar-refractivity contribution is 14.0. The molecule has 2 heterocycles. The van der Waals surface area contributed by atoms with Crippen molar-refractivity contribution in [1.29, 1.82) is 0 Å². The molecule has 0 fully saturated rings. The number of methoxy groups -OCH3 is 1. The van der Waals surface area contributed by atoms with Crippen molar-refractivity contribution in [3.63, 3.8) is 0 Å². The van der Waals surface area contributed by atoms with Gasteiger partial charge in [0.15, 0.2) is 5.96 Å². The van der Waals surface area contributed by atoms with Crippen LogP contribution in [0.25, 0.3) is 5.82 Å². The number of imidazole rings is 1. The van der Waals surface area contributed by atoms with Crippen molar-refractivity contribution >= 4 is 29.9 Å². The monoisotopic (exact) mass is 564 g/mol. The number of pyridine rings is 1. The van der Waals surface area contributed by atoms with Crippen LogP contribution in [0.3, 0.4) is 0 Å². The highest BCUT2D eigenvalue weighted by Crippen LogP contribution is 2.11. The topological polar surface area (TPSA) is 85.6 Å². The van der Waals surface area contributed by atoms with Crippen LogP contribution in [0, 0.1) is 6.92 Å². The van der Waals surface area contributed by atoms with Crippen molar-refractivity contribution in [2.75, 3.05) is 26.9 Å². The minimum absolute atomic E-state index is 0. The lowest BCUT2D eigenvalue weighted by molar-refractivity contribution is 0.145. The lowest BCUT2D eigenvalue weighted by Crippen LogP contribution is -2.37. The Morgan fingerprint density at radius 2 is 1.85 bits per heavy atom. The molecule has 1 aromatic carbocycles. The van der Waals surface area contributed by atoms with Gasteiger partial charge in [-0.05, 0) is 49.6 Å². The molecule has 3 aromatic rings. The maximum Gasteiger partial charge on any atom is 0.191 e. The average molecular weight is 564 g/mol. The lowest BCUT2D eigenvalue weighted by atomic mass is 10.2. The van der Waals surface area contributed by atoms with Gasteiger partial charge >= 0.3 is 0 Å². The molecule has 33 heavy (non-hydrogen) atoms. The number of guanidine groups is 1. The summed E-state index contributed by atoms with van der Waals surface area (Å²) in [4.78, 5) is 13.5. The fourth-order valence-corrected chi connectivity index (χ4v) is 3.07. The maximum absolute atomic E-state index is 5.42. The number of aromatic nitrogens is 3. The minimum atomic E-state index is 0. The molecule has 178 valence electrons. The van der Waals surface area contributed by atoms with Gasteiger partial charge in [0.2, 0.25) is 0 Å². The molecule has 9 heteroatoms. The van der Waals surface area contributed by atoms with Gasteiger partial charge in [0, 0.05) is 44.9 Å². The number of halogens is 1. The van der Waals surface area contributed by atoms with Gasteiger partial charge in [-0.1, -0.05) is 18.2 Å². The fourth-order valence-electron chi connectivity index (χ4n) is 3.07. The van der Waals surface area contributed by atoms with Crippen LogP contribution in [0.4, 0.5) is 0 Å². The zero-order chi connectivity index (χ0) is 22.6. The van der Waals surface area contributed by atoms with Crippen LogP contribution in [-0.2, 0) is 17.8 Å². The molecule has 0 atom stereocenters. The van der Waals surface area contributed by atoms with E-state index in [2.05, 4.69) is 20.6 Å². The van der Waals surface area contributed by atoms with Crippen LogP contribution in [-0.4, -0.2) is 47.4 Å². The molecule has 0 aliphatic carbocycles. The number of aliphatic imine (C=N–C) groups is 1. The molecule has 8 nitrogen and oxygen atoms in total. The normalized spacial score (nSPS) is 11.1. The summed E-state index contributed by atoms with van der Waals surface area (Å²) < 4.78 is 12.6. The summed E-state index contributed by atoms with van der Waals surface area (Å²) in [7, 11) is 1.67. The third kappa shape index (κ3) is 8.65. The number of hydrogen-bond donors (Lipinski definition) is 2. The summed E-state index contributed by atoms with van der Waals surface area (Å²) in [5.41, 5.74) is 2.18. The van der Waals surface area contributed by atoms with Crippen LogP contribution < -0.4 is 15.4 Å². The Bertz CT molecular complexity index is 973. The summed E-state index contributed by atoms with van der Waals surface area (Å²) in [6.45, 7) is 7.40. The Hall–Kier alpha value is -2.66. The average Bonchev–Trinajstić information content (AvgIpc) is 3.26. The van der Waals surface area contributed by atoms with E-state index in [0.717, 1.165) is 60.7 Å². The summed E-state index contributed by atoms with van der Waals surface area (Å²) in [5, 5.41) is 6.78. The molecule has 0 aliphatic rings. The van der Waals surface area contributed by atoms with E-state index >= 15 is 0 Å². The first-order chi connectivity index (χ1) is 15.7. The molecule has 0 saturated heterocycles. The van der Waals surface area contributed by atoms with Crippen molar-refractivity contribution in [1.82, 2.24) is 25.2 Å². The fraction of sp³-hybridized carbons (Fsp3) is 0.375. The number of nitrogens with zero attached hydrogens (tertiary/aromatic N) is 4. The van der Waals surface area contributed by atoms with Gasteiger partial charge < -0.3 is 20.1 Å². The summed E-state index contributed by atoms with van der Waals surface area (Å²) in [5.74, 6) is 3.36. The maximum atomic E-state index is 5.42. The molecule has 0 spiro atoms. The Balaban J connectivity index is 0.00000385. The van der Waals surface area contributed by atoms with E-state index < -0.39 is 0 Å². The highest BCUT2D eigenvalue weighted by atomic mass is 127.